The minimum Gasteiger partial charge on any atom is -0.295 e. The molecule has 0 fully saturated rings. The Morgan fingerprint density at radius 1 is 1.45 bits per heavy atom. The maximum Gasteiger partial charge on any atom is 0.155 e. The van der Waals surface area contributed by atoms with E-state index in [1.165, 1.54) is 0 Å². The van der Waals surface area contributed by atoms with Crippen LogP contribution in [0.2, 0.25) is 0 Å². The molecular formula is C10H18O. The van der Waals surface area contributed by atoms with Gasteiger partial charge >= 0.3 is 0 Å². The van der Waals surface area contributed by atoms with Crippen LogP contribution in [-0.2, 0) is 4.79 Å². The van der Waals surface area contributed by atoms with Gasteiger partial charge in [-0.05, 0) is 18.4 Å². The van der Waals surface area contributed by atoms with E-state index in [1.807, 2.05) is 13.0 Å². The summed E-state index contributed by atoms with van der Waals surface area (Å²) in [6.07, 6.45) is 6.46. The minimum atomic E-state index is 0.257. The zero-order valence-corrected chi connectivity index (χ0v) is 7.76. The van der Waals surface area contributed by atoms with Gasteiger partial charge < -0.3 is 0 Å². The monoisotopic (exact) mass is 154 g/mol. The van der Waals surface area contributed by atoms with E-state index in [-0.39, 0.29) is 5.78 Å². The predicted molar refractivity (Wildman–Crippen MR) is 48.5 cm³/mol. The molecule has 1 atom stereocenters. The smallest absolute Gasteiger partial charge is 0.155 e. The average Bonchev–Trinajstić information content (AvgIpc) is 2.01. The van der Waals surface area contributed by atoms with Crippen LogP contribution in [0.1, 0.15) is 40.0 Å². The van der Waals surface area contributed by atoms with Gasteiger partial charge in [-0.2, -0.15) is 0 Å². The summed E-state index contributed by atoms with van der Waals surface area (Å²) in [5, 5.41) is 0. The lowest BCUT2D eigenvalue weighted by molar-refractivity contribution is -0.114. The molecule has 1 nitrogen and oxygen atoms in total. The second-order valence-corrected chi connectivity index (χ2v) is 2.96. The highest BCUT2D eigenvalue weighted by molar-refractivity contribution is 5.89. The van der Waals surface area contributed by atoms with E-state index in [4.69, 9.17) is 0 Å². The highest BCUT2D eigenvalue weighted by Gasteiger charge is 1.95. The van der Waals surface area contributed by atoms with Gasteiger partial charge in [0.15, 0.2) is 5.78 Å². The molecule has 11 heavy (non-hydrogen) atoms. The fourth-order valence-corrected chi connectivity index (χ4v) is 0.737. The van der Waals surface area contributed by atoms with Gasteiger partial charge in [-0.1, -0.05) is 33.3 Å². The van der Waals surface area contributed by atoms with Crippen molar-refractivity contribution in [3.63, 3.8) is 0 Å². The van der Waals surface area contributed by atoms with Crippen molar-refractivity contribution in [2.45, 2.75) is 40.0 Å². The van der Waals surface area contributed by atoms with E-state index in [0.717, 1.165) is 12.8 Å². The normalized spacial score (nSPS) is 13.7. The number of hydrogen-bond acceptors (Lipinski definition) is 1. The summed E-state index contributed by atoms with van der Waals surface area (Å²) in [4.78, 5) is 11.0. The van der Waals surface area contributed by atoms with Gasteiger partial charge in [-0.15, -0.1) is 0 Å². The van der Waals surface area contributed by atoms with E-state index in [1.54, 1.807) is 6.08 Å². The number of carbonyl (C=O) groups excluding carboxylic acids is 1. The lowest BCUT2D eigenvalue weighted by Gasteiger charge is -1.98. The van der Waals surface area contributed by atoms with Crippen molar-refractivity contribution in [2.75, 3.05) is 0 Å². The molecule has 0 saturated carbocycles. The third-order valence-corrected chi connectivity index (χ3v) is 1.75. The van der Waals surface area contributed by atoms with Crippen LogP contribution in [-0.4, -0.2) is 5.78 Å². The van der Waals surface area contributed by atoms with Crippen LogP contribution in [0.5, 0.6) is 0 Å². The summed E-state index contributed by atoms with van der Waals surface area (Å²) in [6, 6.07) is 0. The first-order chi connectivity index (χ1) is 5.20. The van der Waals surface area contributed by atoms with Crippen LogP contribution < -0.4 is 0 Å². The molecule has 0 amide bonds. The fraction of sp³-hybridized carbons (Fsp3) is 0.700. The third kappa shape index (κ3) is 5.84. The Bertz CT molecular complexity index is 136. The van der Waals surface area contributed by atoms with Gasteiger partial charge in [-0.3, -0.25) is 4.79 Å². The maximum absolute atomic E-state index is 11.0. The number of hydrogen-bond donors (Lipinski definition) is 0. The largest absolute Gasteiger partial charge is 0.295 e. The summed E-state index contributed by atoms with van der Waals surface area (Å²) in [7, 11) is 0. The molecule has 0 bridgehead atoms. The van der Waals surface area contributed by atoms with E-state index in [0.29, 0.717) is 12.3 Å². The second-order valence-electron chi connectivity index (χ2n) is 2.96. The van der Waals surface area contributed by atoms with Crippen molar-refractivity contribution in [1.82, 2.24) is 0 Å². The van der Waals surface area contributed by atoms with E-state index in [9.17, 15) is 4.79 Å². The molecule has 1 heteroatoms. The Kier molecular flexibility index (Phi) is 5.81. The molecule has 0 saturated heterocycles. The van der Waals surface area contributed by atoms with Crippen molar-refractivity contribution in [3.8, 4) is 0 Å². The number of allylic oxidation sites excluding steroid dienone is 2. The molecule has 0 aliphatic carbocycles. The molecule has 0 aromatic rings. The Balaban J connectivity index is 3.63. The van der Waals surface area contributed by atoms with Crippen molar-refractivity contribution in [1.29, 1.82) is 0 Å². The Morgan fingerprint density at radius 2 is 2.09 bits per heavy atom. The van der Waals surface area contributed by atoms with Crippen LogP contribution in [0.3, 0.4) is 0 Å². The summed E-state index contributed by atoms with van der Waals surface area (Å²) in [5.41, 5.74) is 0. The first kappa shape index (κ1) is 10.4. The molecule has 0 N–H and O–H groups in total. The quantitative estimate of drug-likeness (QED) is 0.556. The number of rotatable bonds is 5. The van der Waals surface area contributed by atoms with Crippen LogP contribution in [0, 0.1) is 5.92 Å². The molecular weight excluding hydrogens is 136 g/mol. The fourth-order valence-electron chi connectivity index (χ4n) is 0.737. The number of carbonyl (C=O) groups is 1. The average molecular weight is 154 g/mol. The lowest BCUT2D eigenvalue weighted by atomic mass is 10.1. The Morgan fingerprint density at radius 3 is 2.55 bits per heavy atom. The third-order valence-electron chi connectivity index (χ3n) is 1.75. The Labute approximate surface area is 69.5 Å². The predicted octanol–water partition coefficient (Wildman–Crippen LogP) is 2.96. The van der Waals surface area contributed by atoms with Crippen LogP contribution in [0.4, 0.5) is 0 Å². The molecule has 0 aliphatic heterocycles. The zero-order valence-electron chi connectivity index (χ0n) is 7.76. The van der Waals surface area contributed by atoms with Gasteiger partial charge in [0.05, 0.1) is 0 Å². The molecule has 0 aliphatic rings. The van der Waals surface area contributed by atoms with E-state index < -0.39 is 0 Å². The second kappa shape index (κ2) is 6.14. The van der Waals surface area contributed by atoms with Crippen molar-refractivity contribution >= 4 is 5.78 Å². The summed E-state index contributed by atoms with van der Waals surface area (Å²) in [5.74, 6) is 0.795. The van der Waals surface area contributed by atoms with Gasteiger partial charge in [0.25, 0.3) is 0 Å². The lowest BCUT2D eigenvalue weighted by Crippen LogP contribution is -1.92. The van der Waals surface area contributed by atoms with Crippen LogP contribution in [0.15, 0.2) is 12.2 Å². The SMILES string of the molecule is CCCC(=O)/C=C/C(C)CC. The molecule has 0 heterocycles. The summed E-state index contributed by atoms with van der Waals surface area (Å²) < 4.78 is 0. The molecule has 0 spiro atoms. The molecule has 64 valence electrons. The highest BCUT2D eigenvalue weighted by atomic mass is 16.1. The van der Waals surface area contributed by atoms with Crippen molar-refractivity contribution in [2.24, 2.45) is 5.92 Å². The van der Waals surface area contributed by atoms with Crippen molar-refractivity contribution in [3.05, 3.63) is 12.2 Å². The van der Waals surface area contributed by atoms with Crippen LogP contribution >= 0.6 is 0 Å². The van der Waals surface area contributed by atoms with E-state index >= 15 is 0 Å². The zero-order chi connectivity index (χ0) is 8.69. The molecule has 1 unspecified atom stereocenters. The molecule has 0 aromatic carbocycles. The van der Waals surface area contributed by atoms with Gasteiger partial charge in [0.2, 0.25) is 0 Å². The summed E-state index contributed by atoms with van der Waals surface area (Å²) in [6.45, 7) is 6.27. The molecule has 0 rings (SSSR count). The number of ketones is 1. The summed E-state index contributed by atoms with van der Waals surface area (Å²) >= 11 is 0. The highest BCUT2D eigenvalue weighted by Crippen LogP contribution is 2.02. The van der Waals surface area contributed by atoms with Gasteiger partial charge in [0, 0.05) is 6.42 Å². The molecule has 0 radical (unpaired) electrons. The maximum atomic E-state index is 11.0. The first-order valence-corrected chi connectivity index (χ1v) is 4.41. The standard InChI is InChI=1S/C10H18O/c1-4-6-10(11)8-7-9(3)5-2/h7-9H,4-6H2,1-3H3/b8-7+. The van der Waals surface area contributed by atoms with E-state index in [2.05, 4.69) is 13.8 Å². The topological polar surface area (TPSA) is 17.1 Å². The molecule has 0 aromatic heterocycles. The van der Waals surface area contributed by atoms with Gasteiger partial charge in [0.1, 0.15) is 0 Å². The van der Waals surface area contributed by atoms with Gasteiger partial charge in [-0.25, -0.2) is 0 Å². The van der Waals surface area contributed by atoms with Crippen molar-refractivity contribution < 1.29 is 4.79 Å². The first-order valence-electron chi connectivity index (χ1n) is 4.41. The van der Waals surface area contributed by atoms with Crippen LogP contribution in [0.25, 0.3) is 0 Å². The Hall–Kier alpha value is -0.590. The minimum absolute atomic E-state index is 0.257.